The van der Waals surface area contributed by atoms with Crippen LogP contribution in [0.4, 0.5) is 0 Å². The van der Waals surface area contributed by atoms with E-state index in [-0.39, 0.29) is 10.9 Å². The molecule has 27 heavy (non-hydrogen) atoms. The van der Waals surface area contributed by atoms with E-state index in [1.54, 1.807) is 23.1 Å². The van der Waals surface area contributed by atoms with Crippen LogP contribution in [0.3, 0.4) is 0 Å². The van der Waals surface area contributed by atoms with Crippen molar-refractivity contribution >= 4 is 33.4 Å². The van der Waals surface area contributed by atoms with Gasteiger partial charge in [-0.2, -0.15) is 4.31 Å². The van der Waals surface area contributed by atoms with E-state index >= 15 is 0 Å². The first-order valence-corrected chi connectivity index (χ1v) is 10.6. The van der Waals surface area contributed by atoms with Gasteiger partial charge in [0, 0.05) is 43.8 Å². The van der Waals surface area contributed by atoms with Gasteiger partial charge in [-0.3, -0.25) is 9.59 Å². The Morgan fingerprint density at radius 2 is 1.81 bits per heavy atom. The number of benzene rings is 1. The Morgan fingerprint density at radius 3 is 2.44 bits per heavy atom. The minimum absolute atomic E-state index is 0.127. The number of rotatable bonds is 5. The third-order valence-corrected chi connectivity index (χ3v) is 7.12. The van der Waals surface area contributed by atoms with E-state index in [0.717, 1.165) is 0 Å². The van der Waals surface area contributed by atoms with E-state index < -0.39 is 21.8 Å². The highest BCUT2D eigenvalue weighted by atomic mass is 35.5. The summed E-state index contributed by atoms with van der Waals surface area (Å²) in [5, 5.41) is 0.368. The number of halogens is 1. The fourth-order valence-electron chi connectivity index (χ4n) is 3.54. The first-order chi connectivity index (χ1) is 12.8. The van der Waals surface area contributed by atoms with Crippen molar-refractivity contribution in [1.29, 1.82) is 0 Å². The molecule has 9 heteroatoms. The lowest BCUT2D eigenvalue weighted by atomic mass is 10.0. The molecule has 0 bridgehead atoms. The summed E-state index contributed by atoms with van der Waals surface area (Å²) in [5.74, 6) is -1.03. The van der Waals surface area contributed by atoms with Crippen molar-refractivity contribution in [2.24, 2.45) is 0 Å². The number of hydrogen-bond acceptors (Lipinski definition) is 4. The van der Waals surface area contributed by atoms with Crippen LogP contribution in [0.1, 0.15) is 12.8 Å². The first-order valence-electron chi connectivity index (χ1n) is 8.81. The van der Waals surface area contributed by atoms with Crippen LogP contribution in [0.25, 0.3) is 0 Å². The summed E-state index contributed by atoms with van der Waals surface area (Å²) < 4.78 is 27.0. The lowest BCUT2D eigenvalue weighted by molar-refractivity contribution is -0.157. The molecule has 0 N–H and O–H groups in total. The van der Waals surface area contributed by atoms with Gasteiger partial charge in [-0.1, -0.05) is 23.7 Å². The van der Waals surface area contributed by atoms with Crippen molar-refractivity contribution in [3.05, 3.63) is 41.9 Å². The Bertz CT molecular complexity index is 850. The number of nitrogens with zero attached hydrogens (tertiary/aromatic N) is 3. The van der Waals surface area contributed by atoms with Crippen LogP contribution < -0.4 is 0 Å². The van der Waals surface area contributed by atoms with Gasteiger partial charge in [0.25, 0.3) is 0 Å². The topological polar surface area (TPSA) is 78.0 Å². The second kappa shape index (κ2) is 8.00. The average Bonchev–Trinajstić information content (AvgIpc) is 2.66. The molecule has 0 atom stereocenters. The van der Waals surface area contributed by atoms with Crippen LogP contribution >= 0.6 is 11.6 Å². The number of hydrogen-bond donors (Lipinski definition) is 0. The lowest BCUT2D eigenvalue weighted by Gasteiger charge is -2.41. The van der Waals surface area contributed by atoms with E-state index in [0.29, 0.717) is 50.6 Å². The summed E-state index contributed by atoms with van der Waals surface area (Å²) in [4.78, 5) is 27.8. The molecule has 3 rings (SSSR count). The molecule has 0 radical (unpaired) electrons. The van der Waals surface area contributed by atoms with Crippen LogP contribution in [-0.2, 0) is 19.6 Å². The van der Waals surface area contributed by atoms with E-state index in [1.165, 1.54) is 21.3 Å². The molecule has 1 aromatic rings. The van der Waals surface area contributed by atoms with Gasteiger partial charge in [0.1, 0.15) is 0 Å². The molecule has 0 spiro atoms. The number of carbonyl (C=O) groups excluding carboxylic acids is 2. The fraction of sp³-hybridized carbons (Fsp3) is 0.444. The molecule has 2 heterocycles. The van der Waals surface area contributed by atoms with Gasteiger partial charge in [0.2, 0.25) is 10.0 Å². The quantitative estimate of drug-likeness (QED) is 0.541. The smallest absolute Gasteiger partial charge is 0.312 e. The van der Waals surface area contributed by atoms with Crippen LogP contribution in [-0.4, -0.2) is 73.1 Å². The molecule has 1 aromatic carbocycles. The molecular weight excluding hydrogens is 390 g/mol. The third kappa shape index (κ3) is 4.02. The first kappa shape index (κ1) is 19.9. The zero-order chi connectivity index (χ0) is 19.6. The zero-order valence-corrected chi connectivity index (χ0v) is 16.5. The van der Waals surface area contributed by atoms with Gasteiger partial charge in [-0.05, 0) is 31.0 Å². The highest BCUT2D eigenvalue weighted by Gasteiger charge is 2.38. The van der Waals surface area contributed by atoms with Gasteiger partial charge < -0.3 is 9.80 Å². The van der Waals surface area contributed by atoms with Gasteiger partial charge in [-0.25, -0.2) is 8.42 Å². The minimum atomic E-state index is -3.62. The molecule has 2 saturated heterocycles. The summed E-state index contributed by atoms with van der Waals surface area (Å²) in [7, 11) is -3.62. The predicted octanol–water partition coefficient (Wildman–Crippen LogP) is 1.35. The lowest BCUT2D eigenvalue weighted by Crippen LogP contribution is -2.59. The minimum Gasteiger partial charge on any atom is -0.330 e. The Labute approximate surface area is 164 Å². The van der Waals surface area contributed by atoms with E-state index in [2.05, 4.69) is 6.58 Å². The maximum absolute atomic E-state index is 12.8. The Morgan fingerprint density at radius 1 is 1.11 bits per heavy atom. The second-order valence-corrected chi connectivity index (χ2v) is 9.01. The average molecular weight is 412 g/mol. The Kier molecular flexibility index (Phi) is 5.88. The predicted molar refractivity (Wildman–Crippen MR) is 102 cm³/mol. The molecule has 2 aliphatic rings. The number of carbonyl (C=O) groups is 2. The third-order valence-electron chi connectivity index (χ3n) is 4.99. The largest absolute Gasteiger partial charge is 0.330 e. The summed E-state index contributed by atoms with van der Waals surface area (Å²) in [6.07, 6.45) is 2.60. The van der Waals surface area contributed by atoms with Gasteiger partial charge in [-0.15, -0.1) is 6.58 Å². The molecule has 0 saturated carbocycles. The number of amides is 2. The second-order valence-electron chi connectivity index (χ2n) is 6.63. The number of piperidine rings is 1. The Balaban J connectivity index is 1.65. The monoisotopic (exact) mass is 411 g/mol. The summed E-state index contributed by atoms with van der Waals surface area (Å²) >= 11 is 5.91. The summed E-state index contributed by atoms with van der Waals surface area (Å²) in [6, 6.07) is 6.06. The van der Waals surface area contributed by atoms with Crippen molar-refractivity contribution in [1.82, 2.24) is 14.1 Å². The zero-order valence-electron chi connectivity index (χ0n) is 14.9. The van der Waals surface area contributed by atoms with Crippen molar-refractivity contribution in [3.8, 4) is 0 Å². The van der Waals surface area contributed by atoms with E-state index in [1.807, 2.05) is 0 Å². The standard InChI is InChI=1S/C18H22ClN3O4S/c1-2-8-20-11-12-22(18(24)17(20)23)15-6-9-21(10-7-15)27(25,26)16-5-3-4-14(19)13-16/h2-5,13,15H,1,6-12H2. The van der Waals surface area contributed by atoms with Crippen LogP contribution in [0.5, 0.6) is 0 Å². The van der Waals surface area contributed by atoms with Crippen molar-refractivity contribution < 1.29 is 18.0 Å². The van der Waals surface area contributed by atoms with Gasteiger partial charge in [0.15, 0.2) is 0 Å². The summed E-state index contributed by atoms with van der Waals surface area (Å²) in [6.45, 7) is 5.48. The van der Waals surface area contributed by atoms with Gasteiger partial charge >= 0.3 is 11.8 Å². The molecule has 2 fully saturated rings. The molecular formula is C18H22ClN3O4S. The normalized spacial score (nSPS) is 20.2. The highest BCUT2D eigenvalue weighted by Crippen LogP contribution is 2.25. The molecule has 0 unspecified atom stereocenters. The van der Waals surface area contributed by atoms with Crippen molar-refractivity contribution in [2.75, 3.05) is 32.7 Å². The van der Waals surface area contributed by atoms with Crippen molar-refractivity contribution in [2.45, 2.75) is 23.8 Å². The van der Waals surface area contributed by atoms with Crippen LogP contribution in [0.2, 0.25) is 5.02 Å². The molecule has 2 aliphatic heterocycles. The van der Waals surface area contributed by atoms with Crippen molar-refractivity contribution in [3.63, 3.8) is 0 Å². The van der Waals surface area contributed by atoms with E-state index in [9.17, 15) is 18.0 Å². The fourth-order valence-corrected chi connectivity index (χ4v) is 5.31. The molecule has 7 nitrogen and oxygen atoms in total. The van der Waals surface area contributed by atoms with Crippen LogP contribution in [0.15, 0.2) is 41.8 Å². The maximum Gasteiger partial charge on any atom is 0.312 e. The molecule has 2 amide bonds. The van der Waals surface area contributed by atoms with Crippen LogP contribution in [0, 0.1) is 0 Å². The SMILES string of the molecule is C=CCN1CCN(C2CCN(S(=O)(=O)c3cccc(Cl)c3)CC2)C(=O)C1=O. The number of sulfonamides is 1. The molecule has 146 valence electrons. The molecule has 0 aliphatic carbocycles. The summed E-state index contributed by atoms with van der Waals surface area (Å²) in [5.41, 5.74) is 0. The Hall–Kier alpha value is -1.90. The van der Waals surface area contributed by atoms with E-state index in [4.69, 9.17) is 11.6 Å². The molecule has 0 aromatic heterocycles. The maximum atomic E-state index is 12.8. The van der Waals surface area contributed by atoms with Gasteiger partial charge in [0.05, 0.1) is 4.90 Å². The highest BCUT2D eigenvalue weighted by molar-refractivity contribution is 7.89. The number of piperazine rings is 1.